The van der Waals surface area contributed by atoms with Crippen LogP contribution in [0.1, 0.15) is 57.0 Å². The quantitative estimate of drug-likeness (QED) is 0.122. The maximum absolute atomic E-state index is 14.5. The van der Waals surface area contributed by atoms with E-state index in [-0.39, 0.29) is 24.5 Å². The minimum Gasteiger partial charge on any atom is -0.497 e. The number of carbonyl (C=O) groups excluding carboxylic acids is 7. The van der Waals surface area contributed by atoms with E-state index in [4.69, 9.17) is 56.8 Å². The van der Waals surface area contributed by atoms with Gasteiger partial charge in [0.25, 0.3) is 5.79 Å². The van der Waals surface area contributed by atoms with Gasteiger partial charge >= 0.3 is 35.8 Å². The SMILES string of the molecule is COC(=O)[C@@]1(O[C@H]2[C@@H](O)[C@@H](COCc3ccccc3)O[C@@H](Oc3ccc(OC)cc3)[C@@H]2OC(=O)c2ccccc2)C[C@H](OC(C)=O)[C@@H](NC(C)=O)[C@H]([C@H](OC(C)=O)[C@@H](COC(C)=O)OC(C)=O)O1. The van der Waals surface area contributed by atoms with E-state index in [0.29, 0.717) is 5.75 Å². The summed E-state index contributed by atoms with van der Waals surface area (Å²) < 4.78 is 70.5. The normalized spacial score (nSPS) is 25.2. The largest absolute Gasteiger partial charge is 0.497 e. The molecule has 68 heavy (non-hydrogen) atoms. The molecule has 11 atom stereocenters. The molecule has 2 saturated heterocycles. The number of amides is 1. The van der Waals surface area contributed by atoms with E-state index in [9.17, 15) is 38.7 Å². The predicted octanol–water partition coefficient (Wildman–Crippen LogP) is 2.51. The zero-order valence-corrected chi connectivity index (χ0v) is 38.4. The first-order valence-electron chi connectivity index (χ1n) is 21.3. The number of aliphatic hydroxyl groups is 1. The first-order chi connectivity index (χ1) is 32.4. The maximum Gasteiger partial charge on any atom is 0.366 e. The highest BCUT2D eigenvalue weighted by Crippen LogP contribution is 2.41. The van der Waals surface area contributed by atoms with Gasteiger partial charge in [0.15, 0.2) is 18.3 Å². The molecule has 0 aliphatic carbocycles. The topological polar surface area (TPSA) is 263 Å². The molecule has 3 aromatic rings. The molecule has 21 heteroatoms. The Morgan fingerprint density at radius 1 is 0.765 bits per heavy atom. The van der Waals surface area contributed by atoms with Crippen LogP contribution in [0.25, 0.3) is 0 Å². The molecule has 2 heterocycles. The van der Waals surface area contributed by atoms with Gasteiger partial charge in [-0.3, -0.25) is 24.0 Å². The summed E-state index contributed by atoms with van der Waals surface area (Å²) in [4.78, 5) is 91.7. The highest BCUT2D eigenvalue weighted by Gasteiger charge is 2.63. The fraction of sp³-hybridized carbons (Fsp3) is 0.468. The van der Waals surface area contributed by atoms with Crippen molar-refractivity contribution >= 4 is 41.7 Å². The van der Waals surface area contributed by atoms with Crippen molar-refractivity contribution in [2.45, 2.75) is 115 Å². The number of nitrogens with one attached hydrogen (secondary N) is 1. The van der Waals surface area contributed by atoms with Crippen LogP contribution in [0, 0.1) is 0 Å². The second kappa shape index (κ2) is 24.4. The Kier molecular flexibility index (Phi) is 18.8. The van der Waals surface area contributed by atoms with Gasteiger partial charge in [0.1, 0.15) is 48.6 Å². The molecular weight excluding hydrogens is 899 g/mol. The number of ether oxygens (including phenoxy) is 12. The lowest BCUT2D eigenvalue weighted by molar-refractivity contribution is -0.364. The number of methoxy groups -OCH3 is 2. The van der Waals surface area contributed by atoms with E-state index in [1.165, 1.54) is 31.4 Å². The molecule has 0 aromatic heterocycles. The van der Waals surface area contributed by atoms with Crippen molar-refractivity contribution in [1.82, 2.24) is 5.32 Å². The van der Waals surface area contributed by atoms with Crippen LogP contribution in [-0.2, 0) is 82.7 Å². The van der Waals surface area contributed by atoms with E-state index in [1.807, 2.05) is 18.2 Å². The van der Waals surface area contributed by atoms with Gasteiger partial charge in [-0.2, -0.15) is 0 Å². The number of rotatable bonds is 20. The summed E-state index contributed by atoms with van der Waals surface area (Å²) >= 11 is 0. The molecule has 2 aliphatic rings. The lowest BCUT2D eigenvalue weighted by Gasteiger charge is -2.51. The Morgan fingerprint density at radius 2 is 1.40 bits per heavy atom. The van der Waals surface area contributed by atoms with Gasteiger partial charge in [-0.1, -0.05) is 48.5 Å². The van der Waals surface area contributed by atoms with E-state index in [2.05, 4.69) is 5.32 Å². The lowest BCUT2D eigenvalue weighted by Crippen LogP contribution is -2.71. The van der Waals surface area contributed by atoms with Gasteiger partial charge in [0.05, 0.1) is 45.5 Å². The number of aliphatic hydroxyl groups excluding tert-OH is 1. The molecule has 2 aliphatic heterocycles. The fourth-order valence-corrected chi connectivity index (χ4v) is 7.54. The van der Waals surface area contributed by atoms with Crippen LogP contribution in [0.15, 0.2) is 84.9 Å². The van der Waals surface area contributed by atoms with Crippen LogP contribution in [0.4, 0.5) is 0 Å². The molecule has 3 aromatic carbocycles. The van der Waals surface area contributed by atoms with Crippen LogP contribution >= 0.6 is 0 Å². The van der Waals surface area contributed by atoms with Crippen LogP contribution in [-0.4, -0.2) is 141 Å². The fourth-order valence-electron chi connectivity index (χ4n) is 7.54. The molecular formula is C47H55NO20. The van der Waals surface area contributed by atoms with Gasteiger partial charge in [0.2, 0.25) is 12.2 Å². The monoisotopic (exact) mass is 953 g/mol. The summed E-state index contributed by atoms with van der Waals surface area (Å²) in [6, 6.07) is 21.5. The third-order valence-electron chi connectivity index (χ3n) is 10.4. The van der Waals surface area contributed by atoms with Gasteiger partial charge in [0, 0.05) is 34.6 Å². The van der Waals surface area contributed by atoms with Gasteiger partial charge < -0.3 is 67.3 Å². The first-order valence-corrected chi connectivity index (χ1v) is 21.3. The van der Waals surface area contributed by atoms with Crippen molar-refractivity contribution < 1.29 is 95.5 Å². The Balaban J connectivity index is 1.70. The molecule has 2 fully saturated rings. The molecule has 1 amide bonds. The summed E-state index contributed by atoms with van der Waals surface area (Å²) in [5, 5.41) is 15.0. The summed E-state index contributed by atoms with van der Waals surface area (Å²) in [6.07, 6.45) is -16.6. The molecule has 0 unspecified atom stereocenters. The Hall–Kier alpha value is -6.65. The minimum absolute atomic E-state index is 0.0508. The van der Waals surface area contributed by atoms with Crippen molar-refractivity contribution in [3.05, 3.63) is 96.1 Å². The summed E-state index contributed by atoms with van der Waals surface area (Å²) in [5.74, 6) is -9.01. The Labute approximate surface area is 391 Å². The van der Waals surface area contributed by atoms with E-state index in [0.717, 1.165) is 47.3 Å². The third kappa shape index (κ3) is 14.2. The number of hydrogen-bond acceptors (Lipinski definition) is 20. The lowest BCUT2D eigenvalue weighted by atomic mass is 9.87. The van der Waals surface area contributed by atoms with E-state index in [1.54, 1.807) is 42.5 Å². The van der Waals surface area contributed by atoms with E-state index < -0.39 is 122 Å². The van der Waals surface area contributed by atoms with Gasteiger partial charge in [-0.25, -0.2) is 9.59 Å². The zero-order chi connectivity index (χ0) is 49.5. The Bertz CT molecular complexity index is 2190. The van der Waals surface area contributed by atoms with Crippen LogP contribution in [0.2, 0.25) is 0 Å². The number of carbonyl (C=O) groups is 7. The molecule has 0 radical (unpaired) electrons. The second-order valence-electron chi connectivity index (χ2n) is 15.6. The molecule has 368 valence electrons. The van der Waals surface area contributed by atoms with Crippen molar-refractivity contribution in [2.24, 2.45) is 0 Å². The van der Waals surface area contributed by atoms with Crippen molar-refractivity contribution in [1.29, 1.82) is 0 Å². The third-order valence-corrected chi connectivity index (χ3v) is 10.4. The van der Waals surface area contributed by atoms with Crippen LogP contribution in [0.3, 0.4) is 0 Å². The second-order valence-corrected chi connectivity index (χ2v) is 15.6. The molecule has 2 N–H and O–H groups in total. The van der Waals surface area contributed by atoms with Crippen molar-refractivity contribution in [2.75, 3.05) is 27.4 Å². The highest BCUT2D eigenvalue weighted by molar-refractivity contribution is 5.89. The number of esters is 6. The van der Waals surface area contributed by atoms with Gasteiger partial charge in [-0.05, 0) is 42.0 Å². The van der Waals surface area contributed by atoms with Crippen LogP contribution in [0.5, 0.6) is 11.5 Å². The summed E-state index contributed by atoms with van der Waals surface area (Å²) in [7, 11) is 2.43. The van der Waals surface area contributed by atoms with E-state index >= 15 is 0 Å². The first kappa shape index (κ1) is 52.3. The Morgan fingerprint density at radius 3 is 1.97 bits per heavy atom. The molecule has 0 saturated carbocycles. The number of hydrogen-bond donors (Lipinski definition) is 2. The molecule has 21 nitrogen and oxygen atoms in total. The van der Waals surface area contributed by atoms with Gasteiger partial charge in [-0.15, -0.1) is 0 Å². The zero-order valence-electron chi connectivity index (χ0n) is 38.4. The van der Waals surface area contributed by atoms with Crippen LogP contribution < -0.4 is 14.8 Å². The van der Waals surface area contributed by atoms with Crippen molar-refractivity contribution in [3.8, 4) is 11.5 Å². The molecule has 0 spiro atoms. The van der Waals surface area contributed by atoms with Crippen molar-refractivity contribution in [3.63, 3.8) is 0 Å². The standard InChI is InChI=1S/C47H55NO20/c1-26(49)48-38-35(61-28(3)51)22-47(46(56)58-7,67-41(38)40(63-30(5)53)37(62-29(4)52)25-60-27(2)50)68-42-39(54)36(24-59-23-31-14-10-8-11-15-31)65-45(64-34-20-18-33(57-6)19-21-34)43(42)66-44(55)32-16-12-9-13-17-32/h8-21,35-43,45,54H,22-25H2,1-7H3,(H,48,49)/t35-,36+,37+,38+,39-,40+,41+,42-,43+,45+,47-/m0/s1. The predicted molar refractivity (Wildman–Crippen MR) is 230 cm³/mol. The average molecular weight is 954 g/mol. The molecule has 0 bridgehead atoms. The maximum atomic E-state index is 14.5. The highest BCUT2D eigenvalue weighted by atomic mass is 16.8. The summed E-state index contributed by atoms with van der Waals surface area (Å²) in [6.45, 7) is 4.14. The smallest absolute Gasteiger partial charge is 0.366 e. The average Bonchev–Trinajstić information content (AvgIpc) is 3.30. The molecule has 5 rings (SSSR count). The number of benzene rings is 3. The minimum atomic E-state index is -2.88. The summed E-state index contributed by atoms with van der Waals surface area (Å²) in [5.41, 5.74) is 0.821.